The number of benzene rings is 2. The minimum atomic E-state index is -0.897. The third-order valence-electron chi connectivity index (χ3n) is 4.77. The first-order valence-corrected chi connectivity index (χ1v) is 16.0. The van der Waals surface area contributed by atoms with Crippen LogP contribution in [0.15, 0.2) is 0 Å². The number of hydroxylamine groups is 2. The highest BCUT2D eigenvalue weighted by Crippen LogP contribution is 2.39. The summed E-state index contributed by atoms with van der Waals surface area (Å²) in [4.78, 5) is 56.7. The van der Waals surface area contributed by atoms with Crippen LogP contribution >= 0.6 is 136 Å². The number of aliphatic hydroxyl groups is 1. The molecule has 2 amide bonds. The maximum absolute atomic E-state index is 14.1. The maximum atomic E-state index is 14.1. The molecule has 0 unspecified atom stereocenters. The van der Waals surface area contributed by atoms with E-state index in [1.54, 1.807) is 0 Å². The third kappa shape index (κ3) is 6.33. The van der Waals surface area contributed by atoms with Gasteiger partial charge in [0.1, 0.15) is 0 Å². The molecule has 0 spiro atoms. The molecule has 6 N–H and O–H groups in total. The van der Waals surface area contributed by atoms with Crippen molar-refractivity contribution in [3.63, 3.8) is 0 Å². The molecular formula is C20H16I6N4O6. The van der Waals surface area contributed by atoms with Gasteiger partial charge in [0, 0.05) is 37.5 Å². The Kier molecular flexibility index (Phi) is 12.6. The van der Waals surface area contributed by atoms with Crippen LogP contribution < -0.4 is 16.8 Å². The number of aliphatic hydroxyl groups excluding tert-OH is 1. The van der Waals surface area contributed by atoms with Gasteiger partial charge < -0.3 is 26.7 Å². The van der Waals surface area contributed by atoms with Crippen LogP contribution in [0.1, 0.15) is 42.2 Å². The molecule has 10 nitrogen and oxygen atoms in total. The van der Waals surface area contributed by atoms with Gasteiger partial charge in [-0.25, -0.2) is 4.79 Å². The van der Waals surface area contributed by atoms with Gasteiger partial charge in [0.25, 0.3) is 11.8 Å². The summed E-state index contributed by atoms with van der Waals surface area (Å²) in [6.45, 7) is -0.826. The summed E-state index contributed by atoms with van der Waals surface area (Å²) in [6.07, 6.45) is 0. The van der Waals surface area contributed by atoms with E-state index in [9.17, 15) is 24.3 Å². The Morgan fingerprint density at radius 1 is 0.861 bits per heavy atom. The number of ketones is 1. The second-order valence-corrected chi connectivity index (χ2v) is 13.3. The summed E-state index contributed by atoms with van der Waals surface area (Å²) in [6, 6.07) is 0. The van der Waals surface area contributed by atoms with E-state index in [-0.39, 0.29) is 38.1 Å². The van der Waals surface area contributed by atoms with Gasteiger partial charge >= 0.3 is 5.97 Å². The number of halogens is 6. The van der Waals surface area contributed by atoms with Gasteiger partial charge in [0.05, 0.1) is 44.7 Å². The Morgan fingerprint density at radius 3 is 1.83 bits per heavy atom. The molecule has 0 saturated heterocycles. The molecule has 16 heteroatoms. The predicted molar refractivity (Wildman–Crippen MR) is 184 cm³/mol. The molecule has 0 aliphatic carbocycles. The normalized spacial score (nSPS) is 10.7. The Balaban J connectivity index is 2.88. The van der Waals surface area contributed by atoms with E-state index in [1.807, 2.05) is 136 Å². The van der Waals surface area contributed by atoms with Gasteiger partial charge in [-0.3, -0.25) is 14.4 Å². The number of carbonyl (C=O) groups is 4. The van der Waals surface area contributed by atoms with Crippen molar-refractivity contribution in [1.29, 1.82) is 0 Å². The molecule has 2 aromatic carbocycles. The Labute approximate surface area is 287 Å². The molecule has 0 fully saturated rings. The van der Waals surface area contributed by atoms with Crippen LogP contribution in [0, 0.1) is 21.4 Å². The zero-order valence-electron chi connectivity index (χ0n) is 18.3. The standard InChI is InChI=1S/C20H16I6N4O6/c1-29-19(34)9-13(23)8(15(25)17(28)16(9)26)18(33)7-11(21)5(4-31)12(22)10(14(7)24)20(35)36-30(2)6(32)3-27/h31H,3-4,27-28H2,1-2H3,(H,29,34). The molecule has 0 atom stereocenters. The number of nitrogen functional groups attached to an aromatic ring is 1. The molecule has 0 bridgehead atoms. The fourth-order valence-corrected chi connectivity index (χ4v) is 11.5. The fraction of sp³-hybridized carbons (Fsp3) is 0.200. The van der Waals surface area contributed by atoms with Crippen molar-refractivity contribution >= 4 is 165 Å². The van der Waals surface area contributed by atoms with E-state index in [2.05, 4.69) is 5.32 Å². The van der Waals surface area contributed by atoms with Crippen LogP contribution in [0.5, 0.6) is 0 Å². The molecule has 194 valence electrons. The predicted octanol–water partition coefficient (Wildman–Crippen LogP) is 3.47. The van der Waals surface area contributed by atoms with Crippen LogP contribution in [-0.2, 0) is 16.2 Å². The molecule has 0 aromatic heterocycles. The second kappa shape index (κ2) is 13.8. The van der Waals surface area contributed by atoms with Crippen LogP contribution in [0.3, 0.4) is 0 Å². The number of nitrogens with two attached hydrogens (primary N) is 2. The Bertz CT molecular complexity index is 1300. The van der Waals surface area contributed by atoms with E-state index in [0.29, 0.717) is 28.5 Å². The topological polar surface area (TPSA) is 165 Å². The molecule has 0 aliphatic heterocycles. The molecular weight excluding hydrogens is 1150 g/mol. The molecule has 36 heavy (non-hydrogen) atoms. The van der Waals surface area contributed by atoms with Gasteiger partial charge in [-0.2, -0.15) is 5.06 Å². The maximum Gasteiger partial charge on any atom is 0.365 e. The van der Waals surface area contributed by atoms with E-state index in [0.717, 1.165) is 0 Å². The molecule has 0 heterocycles. The largest absolute Gasteiger partial charge is 0.397 e. The molecule has 2 aromatic rings. The number of anilines is 1. The first-order valence-electron chi connectivity index (χ1n) is 9.48. The average molecular weight is 1170 g/mol. The van der Waals surface area contributed by atoms with Crippen LogP contribution in [0.4, 0.5) is 5.69 Å². The summed E-state index contributed by atoms with van der Waals surface area (Å²) < 4.78 is 2.42. The summed E-state index contributed by atoms with van der Waals surface area (Å²) in [5, 5.41) is 13.4. The van der Waals surface area contributed by atoms with Gasteiger partial charge in [-0.1, -0.05) is 0 Å². The Hall–Kier alpha value is 0.620. The molecule has 0 radical (unpaired) electrons. The average Bonchev–Trinajstić information content (AvgIpc) is 2.82. The number of likely N-dealkylation sites (N-methyl/N-ethyl adjacent to an activating group) is 1. The molecule has 2 rings (SSSR count). The SMILES string of the molecule is CNC(=O)c1c(I)c(N)c(I)c(C(=O)c2c(I)c(CO)c(I)c(C(=O)ON(C)C(=O)CN)c2I)c1I. The van der Waals surface area contributed by atoms with E-state index >= 15 is 0 Å². The van der Waals surface area contributed by atoms with Gasteiger partial charge in [-0.15, -0.1) is 0 Å². The number of rotatable bonds is 6. The second-order valence-electron chi connectivity index (χ2n) is 6.82. The minimum Gasteiger partial charge on any atom is -0.397 e. The zero-order chi connectivity index (χ0) is 27.6. The number of hydrogen-bond donors (Lipinski definition) is 4. The first kappa shape index (κ1) is 32.8. The van der Waals surface area contributed by atoms with Gasteiger partial charge in [0.2, 0.25) is 0 Å². The first-order chi connectivity index (χ1) is 16.8. The van der Waals surface area contributed by atoms with Crippen LogP contribution in [0.2, 0.25) is 0 Å². The smallest absolute Gasteiger partial charge is 0.365 e. The van der Waals surface area contributed by atoms with Crippen molar-refractivity contribution in [2.24, 2.45) is 5.73 Å². The number of hydrogen-bond acceptors (Lipinski definition) is 8. The molecule has 0 saturated carbocycles. The Morgan fingerprint density at radius 2 is 1.33 bits per heavy atom. The fourth-order valence-electron chi connectivity index (χ4n) is 2.91. The van der Waals surface area contributed by atoms with Crippen molar-refractivity contribution in [2.75, 3.05) is 26.4 Å². The van der Waals surface area contributed by atoms with Gasteiger partial charge in [-0.05, 0) is 136 Å². The van der Waals surface area contributed by atoms with Crippen molar-refractivity contribution in [3.8, 4) is 0 Å². The third-order valence-corrected chi connectivity index (χ3v) is 11.6. The van der Waals surface area contributed by atoms with Crippen LogP contribution in [-0.4, -0.2) is 54.4 Å². The number of nitrogens with one attached hydrogen (secondary N) is 1. The highest BCUT2D eigenvalue weighted by Gasteiger charge is 2.33. The quantitative estimate of drug-likeness (QED) is 0.148. The number of amides is 2. The van der Waals surface area contributed by atoms with Crippen molar-refractivity contribution in [3.05, 3.63) is 49.2 Å². The van der Waals surface area contributed by atoms with Crippen LogP contribution in [0.25, 0.3) is 0 Å². The summed E-state index contributed by atoms with van der Waals surface area (Å²) >= 11 is 11.6. The lowest BCUT2D eigenvalue weighted by molar-refractivity contribution is -0.159. The highest BCUT2D eigenvalue weighted by atomic mass is 127. The van der Waals surface area contributed by atoms with Crippen molar-refractivity contribution in [1.82, 2.24) is 10.4 Å². The molecule has 0 aliphatic rings. The highest BCUT2D eigenvalue weighted by molar-refractivity contribution is 14.1. The van der Waals surface area contributed by atoms with Gasteiger partial charge in [0.15, 0.2) is 5.78 Å². The van der Waals surface area contributed by atoms with E-state index in [1.165, 1.54) is 14.1 Å². The van der Waals surface area contributed by atoms with Crippen molar-refractivity contribution < 1.29 is 29.1 Å². The lowest BCUT2D eigenvalue weighted by Gasteiger charge is -2.21. The number of nitrogens with zero attached hydrogens (tertiary/aromatic N) is 1. The van der Waals surface area contributed by atoms with Crippen molar-refractivity contribution in [2.45, 2.75) is 6.61 Å². The summed E-state index contributed by atoms with van der Waals surface area (Å²) in [5.74, 6) is -2.41. The number of carbonyl (C=O) groups excluding carboxylic acids is 4. The monoisotopic (exact) mass is 1170 g/mol. The lowest BCUT2D eigenvalue weighted by Crippen LogP contribution is -2.35. The minimum absolute atomic E-state index is 0.00992. The lowest BCUT2D eigenvalue weighted by atomic mass is 9.96. The summed E-state index contributed by atoms with van der Waals surface area (Å²) in [5.41, 5.74) is 12.8. The zero-order valence-corrected chi connectivity index (χ0v) is 31.2. The summed E-state index contributed by atoms with van der Waals surface area (Å²) in [7, 11) is 2.73. The van der Waals surface area contributed by atoms with E-state index < -0.39 is 30.2 Å². The van der Waals surface area contributed by atoms with E-state index in [4.69, 9.17) is 16.3 Å².